The lowest BCUT2D eigenvalue weighted by molar-refractivity contribution is -0.124. The molecular formula is C9H14ClN3O. The molecule has 0 aliphatic carbocycles. The van der Waals surface area contributed by atoms with Gasteiger partial charge in [-0.2, -0.15) is 5.10 Å². The molecule has 0 aliphatic rings. The molecule has 5 heteroatoms. The summed E-state index contributed by atoms with van der Waals surface area (Å²) in [5.41, 5.74) is 0. The molecule has 0 spiro atoms. The third-order valence-corrected chi connectivity index (χ3v) is 2.06. The van der Waals surface area contributed by atoms with Gasteiger partial charge in [-0.3, -0.25) is 9.48 Å². The van der Waals surface area contributed by atoms with Crippen LogP contribution in [0.4, 0.5) is 0 Å². The Bertz CT molecular complexity index is 311. The Labute approximate surface area is 88.2 Å². The number of hydrogen-bond donors (Lipinski definition) is 1. The molecule has 1 aromatic heterocycles. The predicted molar refractivity (Wildman–Crippen MR) is 55.1 cm³/mol. The van der Waals surface area contributed by atoms with Gasteiger partial charge in [-0.05, 0) is 6.92 Å². The maximum absolute atomic E-state index is 11.4. The summed E-state index contributed by atoms with van der Waals surface area (Å²) in [6, 6.07) is 0. The van der Waals surface area contributed by atoms with Crippen molar-refractivity contribution in [2.45, 2.75) is 20.4 Å². The Hall–Kier alpha value is -1.03. The van der Waals surface area contributed by atoms with Crippen molar-refractivity contribution in [3.05, 3.63) is 17.4 Å². The van der Waals surface area contributed by atoms with Gasteiger partial charge in [0.2, 0.25) is 5.91 Å². The van der Waals surface area contributed by atoms with Gasteiger partial charge in [0.05, 0.1) is 23.7 Å². The van der Waals surface area contributed by atoms with Crippen molar-refractivity contribution in [1.29, 1.82) is 0 Å². The minimum absolute atomic E-state index is 0.0409. The second-order valence-electron chi connectivity index (χ2n) is 3.18. The standard InChI is InChI=1S/C9H14ClN3O/c1-3-11-9(14)7(2)5-13-6-8(10)4-12-13/h4,6-7H,3,5H2,1-2H3,(H,11,14). The monoisotopic (exact) mass is 215 g/mol. The molecule has 1 unspecified atom stereocenters. The predicted octanol–water partition coefficient (Wildman–Crippen LogP) is 1.31. The van der Waals surface area contributed by atoms with Crippen LogP contribution >= 0.6 is 11.6 Å². The maximum Gasteiger partial charge on any atom is 0.224 e. The van der Waals surface area contributed by atoms with Crippen LogP contribution in [0.2, 0.25) is 5.02 Å². The minimum Gasteiger partial charge on any atom is -0.356 e. The molecule has 0 fully saturated rings. The number of nitrogens with one attached hydrogen (secondary N) is 1. The van der Waals surface area contributed by atoms with Crippen molar-refractivity contribution in [1.82, 2.24) is 15.1 Å². The molecule has 0 saturated heterocycles. The number of aromatic nitrogens is 2. The molecule has 14 heavy (non-hydrogen) atoms. The first-order valence-electron chi connectivity index (χ1n) is 4.59. The van der Waals surface area contributed by atoms with Crippen LogP contribution in [0.25, 0.3) is 0 Å². The van der Waals surface area contributed by atoms with E-state index in [9.17, 15) is 4.79 Å². The minimum atomic E-state index is -0.0917. The van der Waals surface area contributed by atoms with Crippen molar-refractivity contribution in [2.75, 3.05) is 6.54 Å². The first-order valence-corrected chi connectivity index (χ1v) is 4.97. The van der Waals surface area contributed by atoms with E-state index in [2.05, 4.69) is 10.4 Å². The van der Waals surface area contributed by atoms with Gasteiger partial charge in [-0.15, -0.1) is 0 Å². The SMILES string of the molecule is CCNC(=O)C(C)Cn1cc(Cl)cn1. The summed E-state index contributed by atoms with van der Waals surface area (Å²) in [5.74, 6) is -0.0509. The Morgan fingerprint density at radius 3 is 3.00 bits per heavy atom. The molecular weight excluding hydrogens is 202 g/mol. The Kier molecular flexibility index (Phi) is 3.95. The zero-order valence-corrected chi connectivity index (χ0v) is 9.08. The van der Waals surface area contributed by atoms with Crippen LogP contribution in [0.1, 0.15) is 13.8 Å². The molecule has 1 aromatic rings. The molecule has 1 amide bonds. The average Bonchev–Trinajstić information content (AvgIpc) is 2.51. The van der Waals surface area contributed by atoms with Gasteiger partial charge in [0.15, 0.2) is 0 Å². The molecule has 0 saturated carbocycles. The van der Waals surface area contributed by atoms with E-state index in [0.29, 0.717) is 18.1 Å². The smallest absolute Gasteiger partial charge is 0.224 e. The number of rotatable bonds is 4. The van der Waals surface area contributed by atoms with Crippen molar-refractivity contribution >= 4 is 17.5 Å². The fourth-order valence-electron chi connectivity index (χ4n) is 1.15. The van der Waals surface area contributed by atoms with Gasteiger partial charge in [-0.1, -0.05) is 18.5 Å². The van der Waals surface area contributed by atoms with E-state index in [1.807, 2.05) is 13.8 Å². The zero-order chi connectivity index (χ0) is 10.6. The number of halogens is 1. The Morgan fingerprint density at radius 1 is 1.79 bits per heavy atom. The first-order chi connectivity index (χ1) is 6.63. The molecule has 4 nitrogen and oxygen atoms in total. The molecule has 0 radical (unpaired) electrons. The summed E-state index contributed by atoms with van der Waals surface area (Å²) < 4.78 is 1.67. The molecule has 0 bridgehead atoms. The van der Waals surface area contributed by atoms with Crippen molar-refractivity contribution in [2.24, 2.45) is 5.92 Å². The van der Waals surface area contributed by atoms with Gasteiger partial charge in [0.1, 0.15) is 0 Å². The topological polar surface area (TPSA) is 46.9 Å². The molecule has 1 rings (SSSR count). The lowest BCUT2D eigenvalue weighted by Crippen LogP contribution is -2.31. The highest BCUT2D eigenvalue weighted by Gasteiger charge is 2.12. The zero-order valence-electron chi connectivity index (χ0n) is 8.33. The Morgan fingerprint density at radius 2 is 2.50 bits per heavy atom. The summed E-state index contributed by atoms with van der Waals surface area (Å²) >= 11 is 5.70. The number of amides is 1. The van der Waals surface area contributed by atoms with E-state index in [1.54, 1.807) is 17.1 Å². The molecule has 78 valence electrons. The highest BCUT2D eigenvalue weighted by atomic mass is 35.5. The second-order valence-corrected chi connectivity index (χ2v) is 3.61. The van der Waals surface area contributed by atoms with Crippen LogP contribution in [0.3, 0.4) is 0 Å². The number of hydrogen-bond acceptors (Lipinski definition) is 2. The summed E-state index contributed by atoms with van der Waals surface area (Å²) in [4.78, 5) is 11.4. The maximum atomic E-state index is 11.4. The van der Waals surface area contributed by atoms with E-state index in [1.165, 1.54) is 0 Å². The van der Waals surface area contributed by atoms with Crippen molar-refractivity contribution in [3.63, 3.8) is 0 Å². The van der Waals surface area contributed by atoms with E-state index in [4.69, 9.17) is 11.6 Å². The van der Waals surface area contributed by atoms with Gasteiger partial charge < -0.3 is 5.32 Å². The van der Waals surface area contributed by atoms with Crippen LogP contribution in [-0.4, -0.2) is 22.2 Å². The average molecular weight is 216 g/mol. The van der Waals surface area contributed by atoms with Crippen LogP contribution in [-0.2, 0) is 11.3 Å². The molecule has 1 atom stereocenters. The van der Waals surface area contributed by atoms with E-state index < -0.39 is 0 Å². The molecule has 1 heterocycles. The molecule has 0 aromatic carbocycles. The quantitative estimate of drug-likeness (QED) is 0.823. The van der Waals surface area contributed by atoms with E-state index >= 15 is 0 Å². The van der Waals surface area contributed by atoms with Crippen LogP contribution in [0.15, 0.2) is 12.4 Å². The normalized spacial score (nSPS) is 12.5. The third kappa shape index (κ3) is 3.03. The highest BCUT2D eigenvalue weighted by molar-refractivity contribution is 6.30. The summed E-state index contributed by atoms with van der Waals surface area (Å²) in [6.45, 7) is 4.97. The lowest BCUT2D eigenvalue weighted by atomic mass is 10.1. The van der Waals surface area contributed by atoms with Crippen molar-refractivity contribution < 1.29 is 4.79 Å². The largest absolute Gasteiger partial charge is 0.356 e. The summed E-state index contributed by atoms with van der Waals surface area (Å²) in [6.07, 6.45) is 3.27. The number of nitrogens with zero attached hydrogens (tertiary/aromatic N) is 2. The number of carbonyl (C=O) groups excluding carboxylic acids is 1. The van der Waals surface area contributed by atoms with Gasteiger partial charge in [0.25, 0.3) is 0 Å². The second kappa shape index (κ2) is 5.00. The summed E-state index contributed by atoms with van der Waals surface area (Å²) in [5, 5.41) is 7.35. The van der Waals surface area contributed by atoms with Gasteiger partial charge >= 0.3 is 0 Å². The van der Waals surface area contributed by atoms with Crippen LogP contribution < -0.4 is 5.32 Å². The van der Waals surface area contributed by atoms with E-state index in [0.717, 1.165) is 0 Å². The fourth-order valence-corrected chi connectivity index (χ4v) is 1.31. The van der Waals surface area contributed by atoms with Crippen LogP contribution in [0, 0.1) is 5.92 Å². The first kappa shape index (κ1) is 11.0. The van der Waals surface area contributed by atoms with Gasteiger partial charge in [-0.25, -0.2) is 0 Å². The van der Waals surface area contributed by atoms with Gasteiger partial charge in [0, 0.05) is 12.7 Å². The molecule has 0 aliphatic heterocycles. The van der Waals surface area contributed by atoms with Crippen LogP contribution in [0.5, 0.6) is 0 Å². The van der Waals surface area contributed by atoms with E-state index in [-0.39, 0.29) is 11.8 Å². The number of carbonyl (C=O) groups is 1. The third-order valence-electron chi connectivity index (χ3n) is 1.86. The summed E-state index contributed by atoms with van der Waals surface area (Å²) in [7, 11) is 0. The van der Waals surface area contributed by atoms with Crippen molar-refractivity contribution in [3.8, 4) is 0 Å². The lowest BCUT2D eigenvalue weighted by Gasteiger charge is -2.10. The highest BCUT2D eigenvalue weighted by Crippen LogP contribution is 2.07. The molecule has 1 N–H and O–H groups in total. The Balaban J connectivity index is 2.48. The fraction of sp³-hybridized carbons (Fsp3) is 0.556.